The number of carbonyl (C=O) groups excluding carboxylic acids is 1. The maximum absolute atomic E-state index is 12.6. The van der Waals surface area contributed by atoms with E-state index in [0.29, 0.717) is 36.9 Å². The molecule has 0 unspecified atom stereocenters. The lowest BCUT2D eigenvalue weighted by Gasteiger charge is -2.27. The standard InChI is InChI=1S/C19H19N3O5/c23-12-5-3-11(4-6-12)22-18-15(19(25)26)16(24)14(27-18)8-10-9-21-17-13(10)2-1-7-20-17/h1-2,7-9,11-12,22-23H,3-6H2,(H,20,21)(H,25,26)/b14-8-/t11-,12+. The molecule has 8 nitrogen and oxygen atoms in total. The second-order valence-corrected chi connectivity index (χ2v) is 6.74. The number of nitrogens with one attached hydrogen (secondary N) is 2. The number of aromatic amines is 1. The summed E-state index contributed by atoms with van der Waals surface area (Å²) in [7, 11) is 0. The Kier molecular flexibility index (Phi) is 4.41. The number of aliphatic carboxylic acids is 1. The number of Topliss-reactive ketones (excluding diaryl/α,β-unsaturated/α-hetero) is 1. The van der Waals surface area contributed by atoms with Crippen LogP contribution in [0, 0.1) is 0 Å². The van der Waals surface area contributed by atoms with Crippen molar-refractivity contribution in [3.05, 3.63) is 47.3 Å². The molecule has 0 saturated heterocycles. The maximum atomic E-state index is 12.6. The lowest BCUT2D eigenvalue weighted by molar-refractivity contribution is -0.134. The zero-order valence-electron chi connectivity index (χ0n) is 14.4. The van der Waals surface area contributed by atoms with Crippen LogP contribution >= 0.6 is 0 Å². The number of carboxylic acids is 1. The third kappa shape index (κ3) is 3.31. The van der Waals surface area contributed by atoms with Crippen molar-refractivity contribution in [2.75, 3.05) is 0 Å². The third-order valence-electron chi connectivity index (χ3n) is 4.91. The van der Waals surface area contributed by atoms with E-state index in [1.807, 2.05) is 6.07 Å². The first-order valence-electron chi connectivity index (χ1n) is 8.81. The summed E-state index contributed by atoms with van der Waals surface area (Å²) in [6.45, 7) is 0. The highest BCUT2D eigenvalue weighted by atomic mass is 16.5. The largest absolute Gasteiger partial charge is 0.477 e. The summed E-state index contributed by atoms with van der Waals surface area (Å²) in [6, 6.07) is 3.59. The summed E-state index contributed by atoms with van der Waals surface area (Å²) >= 11 is 0. The van der Waals surface area contributed by atoms with E-state index in [1.54, 1.807) is 18.5 Å². The number of carboxylic acid groups (broad SMARTS) is 1. The molecule has 8 heteroatoms. The van der Waals surface area contributed by atoms with Gasteiger partial charge in [0.05, 0.1) is 6.10 Å². The summed E-state index contributed by atoms with van der Waals surface area (Å²) < 4.78 is 5.60. The molecule has 0 atom stereocenters. The number of hydrogen-bond donors (Lipinski definition) is 4. The highest BCUT2D eigenvalue weighted by Gasteiger charge is 2.37. The number of rotatable bonds is 4. The topological polar surface area (TPSA) is 125 Å². The quantitative estimate of drug-likeness (QED) is 0.477. The molecule has 0 amide bonds. The molecule has 1 aliphatic heterocycles. The predicted octanol–water partition coefficient (Wildman–Crippen LogP) is 1.69. The minimum absolute atomic E-state index is 0.0295. The zero-order chi connectivity index (χ0) is 19.0. The van der Waals surface area contributed by atoms with E-state index in [0.717, 1.165) is 5.39 Å². The second-order valence-electron chi connectivity index (χ2n) is 6.74. The van der Waals surface area contributed by atoms with Crippen LogP contribution in [0.5, 0.6) is 0 Å². The molecule has 0 spiro atoms. The number of aliphatic hydroxyl groups excluding tert-OH is 1. The number of aliphatic hydroxyl groups is 1. The van der Waals surface area contributed by atoms with Crippen LogP contribution in [0.4, 0.5) is 0 Å². The van der Waals surface area contributed by atoms with E-state index in [2.05, 4.69) is 15.3 Å². The Hall–Kier alpha value is -3.13. The number of allylic oxidation sites excluding steroid dienone is 1. The van der Waals surface area contributed by atoms with E-state index < -0.39 is 17.3 Å². The van der Waals surface area contributed by atoms with Crippen molar-refractivity contribution in [3.63, 3.8) is 0 Å². The molecule has 4 N–H and O–H groups in total. The second kappa shape index (κ2) is 6.88. The molecule has 1 aliphatic carbocycles. The van der Waals surface area contributed by atoms with E-state index in [4.69, 9.17) is 4.74 Å². The Labute approximate surface area is 154 Å². The van der Waals surface area contributed by atoms with Gasteiger partial charge in [0.1, 0.15) is 5.65 Å². The van der Waals surface area contributed by atoms with E-state index >= 15 is 0 Å². The molecule has 2 aliphatic rings. The Bertz CT molecular complexity index is 967. The van der Waals surface area contributed by atoms with Crippen molar-refractivity contribution in [1.82, 2.24) is 15.3 Å². The number of ketones is 1. The number of aromatic nitrogens is 2. The van der Waals surface area contributed by atoms with Crippen LogP contribution in [-0.2, 0) is 14.3 Å². The average Bonchev–Trinajstić information content (AvgIpc) is 3.19. The molecule has 140 valence electrons. The molecular weight excluding hydrogens is 350 g/mol. The number of H-pyrrole nitrogens is 1. The third-order valence-corrected chi connectivity index (χ3v) is 4.91. The lowest BCUT2D eigenvalue weighted by atomic mass is 9.93. The smallest absolute Gasteiger partial charge is 0.345 e. The van der Waals surface area contributed by atoms with Crippen molar-refractivity contribution in [3.8, 4) is 0 Å². The van der Waals surface area contributed by atoms with Crippen LogP contribution in [0.15, 0.2) is 41.7 Å². The lowest BCUT2D eigenvalue weighted by Crippen LogP contribution is -2.35. The van der Waals surface area contributed by atoms with Gasteiger partial charge in [-0.2, -0.15) is 0 Å². The molecule has 2 aromatic heterocycles. The van der Waals surface area contributed by atoms with Gasteiger partial charge < -0.3 is 25.3 Å². The fraction of sp³-hybridized carbons (Fsp3) is 0.316. The molecule has 0 radical (unpaired) electrons. The van der Waals surface area contributed by atoms with Gasteiger partial charge in [0.25, 0.3) is 0 Å². The number of nitrogens with zero attached hydrogens (tertiary/aromatic N) is 1. The van der Waals surface area contributed by atoms with Crippen LogP contribution in [0.1, 0.15) is 31.2 Å². The number of carbonyl (C=O) groups is 2. The average molecular weight is 369 g/mol. The van der Waals surface area contributed by atoms with Gasteiger partial charge in [-0.25, -0.2) is 9.78 Å². The Morgan fingerprint density at radius 3 is 2.85 bits per heavy atom. The van der Waals surface area contributed by atoms with Gasteiger partial charge in [0.2, 0.25) is 11.7 Å². The van der Waals surface area contributed by atoms with Gasteiger partial charge in [-0.15, -0.1) is 0 Å². The van der Waals surface area contributed by atoms with Crippen LogP contribution < -0.4 is 5.32 Å². The van der Waals surface area contributed by atoms with Crippen LogP contribution in [0.2, 0.25) is 0 Å². The Morgan fingerprint density at radius 1 is 1.33 bits per heavy atom. The van der Waals surface area contributed by atoms with Crippen molar-refractivity contribution in [1.29, 1.82) is 0 Å². The Balaban J connectivity index is 1.60. The van der Waals surface area contributed by atoms with Crippen molar-refractivity contribution in [2.24, 2.45) is 0 Å². The molecule has 27 heavy (non-hydrogen) atoms. The highest BCUT2D eigenvalue weighted by Crippen LogP contribution is 2.29. The summed E-state index contributed by atoms with van der Waals surface area (Å²) in [5.74, 6) is -2.07. The SMILES string of the molecule is O=C(O)C1=C(N[C@H]2CC[C@@H](O)CC2)O/C(=C\c2c[nH]c3ncccc23)C1=O. The van der Waals surface area contributed by atoms with Gasteiger partial charge >= 0.3 is 5.97 Å². The zero-order valence-corrected chi connectivity index (χ0v) is 14.4. The molecule has 3 heterocycles. The molecule has 0 bridgehead atoms. The first-order chi connectivity index (χ1) is 13.0. The molecule has 1 fully saturated rings. The molecule has 0 aromatic carbocycles. The minimum atomic E-state index is -1.33. The molecular formula is C19H19N3O5. The number of ether oxygens (including phenoxy) is 1. The van der Waals surface area contributed by atoms with Crippen LogP contribution in [-0.4, -0.2) is 44.1 Å². The van der Waals surface area contributed by atoms with Gasteiger partial charge in [-0.05, 0) is 43.9 Å². The predicted molar refractivity (Wildman–Crippen MR) is 96.2 cm³/mol. The highest BCUT2D eigenvalue weighted by molar-refractivity contribution is 6.26. The van der Waals surface area contributed by atoms with Gasteiger partial charge in [-0.1, -0.05) is 0 Å². The maximum Gasteiger partial charge on any atom is 0.345 e. The normalized spacial score (nSPS) is 24.5. The Morgan fingerprint density at radius 2 is 2.11 bits per heavy atom. The number of pyridine rings is 1. The first kappa shape index (κ1) is 17.3. The van der Waals surface area contributed by atoms with Crippen LogP contribution in [0.3, 0.4) is 0 Å². The van der Waals surface area contributed by atoms with Gasteiger partial charge in [0, 0.05) is 29.4 Å². The monoisotopic (exact) mass is 369 g/mol. The summed E-state index contributed by atoms with van der Waals surface area (Å²) in [5, 5.41) is 22.9. The number of hydrogen-bond acceptors (Lipinski definition) is 6. The molecule has 4 rings (SSSR count). The molecule has 1 saturated carbocycles. The van der Waals surface area contributed by atoms with E-state index in [1.165, 1.54) is 6.08 Å². The summed E-state index contributed by atoms with van der Waals surface area (Å²) in [5.41, 5.74) is 0.957. The summed E-state index contributed by atoms with van der Waals surface area (Å²) in [6.07, 6.45) is 7.16. The minimum Gasteiger partial charge on any atom is -0.477 e. The van der Waals surface area contributed by atoms with E-state index in [-0.39, 0.29) is 23.8 Å². The van der Waals surface area contributed by atoms with Gasteiger partial charge in [-0.3, -0.25) is 4.79 Å². The van der Waals surface area contributed by atoms with Gasteiger partial charge in [0.15, 0.2) is 11.3 Å². The molecule has 2 aromatic rings. The fourth-order valence-electron chi connectivity index (χ4n) is 3.47. The van der Waals surface area contributed by atoms with E-state index in [9.17, 15) is 19.8 Å². The number of fused-ring (bicyclic) bond motifs is 1. The van der Waals surface area contributed by atoms with Crippen LogP contribution in [0.25, 0.3) is 17.1 Å². The van der Waals surface area contributed by atoms with Crippen molar-refractivity contribution >= 4 is 28.9 Å². The van der Waals surface area contributed by atoms with Crippen molar-refractivity contribution < 1.29 is 24.5 Å². The van der Waals surface area contributed by atoms with Crippen molar-refractivity contribution in [2.45, 2.75) is 37.8 Å². The first-order valence-corrected chi connectivity index (χ1v) is 8.81. The fourth-order valence-corrected chi connectivity index (χ4v) is 3.47. The summed E-state index contributed by atoms with van der Waals surface area (Å²) in [4.78, 5) is 31.4.